The van der Waals surface area contributed by atoms with Crippen molar-refractivity contribution in [3.63, 3.8) is 0 Å². The lowest BCUT2D eigenvalue weighted by atomic mass is 9.88. The van der Waals surface area contributed by atoms with Crippen LogP contribution in [0, 0.1) is 0 Å². The zero-order valence-corrected chi connectivity index (χ0v) is 12.6. The summed E-state index contributed by atoms with van der Waals surface area (Å²) in [4.78, 5) is 12.1. The van der Waals surface area contributed by atoms with Crippen LogP contribution in [0.2, 0.25) is 10.0 Å². The Morgan fingerprint density at radius 3 is 2.55 bits per heavy atom. The number of amides is 1. The Morgan fingerprint density at radius 1 is 1.50 bits per heavy atom. The van der Waals surface area contributed by atoms with Crippen LogP contribution in [0.25, 0.3) is 0 Å². The Hall–Kier alpha value is -1.17. The number of halogens is 2. The highest BCUT2D eigenvalue weighted by Crippen LogP contribution is 2.45. The first-order valence-corrected chi connectivity index (χ1v) is 6.84. The molecule has 0 aromatic heterocycles. The molecule has 1 heterocycles. The third-order valence-electron chi connectivity index (χ3n) is 3.45. The van der Waals surface area contributed by atoms with E-state index < -0.39 is 12.2 Å². The largest absolute Gasteiger partial charge is 0.496 e. The van der Waals surface area contributed by atoms with E-state index in [4.69, 9.17) is 33.0 Å². The summed E-state index contributed by atoms with van der Waals surface area (Å²) < 4.78 is 5.36. The maximum atomic E-state index is 10.8. The first-order valence-electron chi connectivity index (χ1n) is 6.08. The summed E-state index contributed by atoms with van der Waals surface area (Å²) >= 11 is 12.3. The average Bonchev–Trinajstić information content (AvgIpc) is 2.31. The van der Waals surface area contributed by atoms with Gasteiger partial charge in [0.15, 0.2) is 0 Å². The molecule has 1 fully saturated rings. The monoisotopic (exact) mass is 319 g/mol. The molecule has 0 radical (unpaired) electrons. The molecule has 1 aliphatic heterocycles. The number of aliphatic hydroxyl groups is 1. The number of hydrogen-bond donors (Lipinski definition) is 2. The van der Waals surface area contributed by atoms with Gasteiger partial charge < -0.3 is 19.8 Å². The van der Waals surface area contributed by atoms with Crippen molar-refractivity contribution in [3.05, 3.63) is 27.2 Å². The summed E-state index contributed by atoms with van der Waals surface area (Å²) in [6, 6.07) is 1.57. The Kier molecular flexibility index (Phi) is 4.32. The molecule has 0 spiro atoms. The van der Waals surface area contributed by atoms with Crippen LogP contribution in [0.3, 0.4) is 0 Å². The summed E-state index contributed by atoms with van der Waals surface area (Å²) in [7, 11) is 1.49. The number of nitrogens with zero attached hydrogens (tertiary/aromatic N) is 1. The molecule has 1 saturated heterocycles. The zero-order valence-electron chi connectivity index (χ0n) is 11.1. The third kappa shape index (κ3) is 2.53. The molecule has 20 heavy (non-hydrogen) atoms. The van der Waals surface area contributed by atoms with Crippen LogP contribution in [0.15, 0.2) is 6.07 Å². The van der Waals surface area contributed by atoms with E-state index in [0.29, 0.717) is 40.0 Å². The van der Waals surface area contributed by atoms with E-state index in [1.165, 1.54) is 12.0 Å². The molecule has 0 saturated carbocycles. The zero-order chi connectivity index (χ0) is 15.0. The van der Waals surface area contributed by atoms with Crippen molar-refractivity contribution in [2.45, 2.75) is 18.9 Å². The molecular formula is C13H15Cl2NO4. The van der Waals surface area contributed by atoms with Gasteiger partial charge in [0.1, 0.15) is 5.75 Å². The van der Waals surface area contributed by atoms with Gasteiger partial charge in [-0.25, -0.2) is 4.79 Å². The first kappa shape index (κ1) is 15.2. The highest BCUT2D eigenvalue weighted by molar-refractivity contribution is 6.42. The van der Waals surface area contributed by atoms with Crippen LogP contribution in [-0.2, 0) is 0 Å². The number of benzene rings is 1. The second-order valence-electron chi connectivity index (χ2n) is 4.77. The van der Waals surface area contributed by atoms with Crippen LogP contribution < -0.4 is 4.74 Å². The Labute approximate surface area is 126 Å². The van der Waals surface area contributed by atoms with E-state index in [1.807, 2.05) is 0 Å². The number of ether oxygens (including phenoxy) is 1. The molecule has 0 aliphatic carbocycles. The fourth-order valence-corrected chi connectivity index (χ4v) is 2.88. The summed E-state index contributed by atoms with van der Waals surface area (Å²) in [5.74, 6) is 0.397. The summed E-state index contributed by atoms with van der Waals surface area (Å²) in [6.45, 7) is 2.28. The number of methoxy groups -OCH3 is 1. The minimum Gasteiger partial charge on any atom is -0.496 e. The van der Waals surface area contributed by atoms with Gasteiger partial charge in [-0.3, -0.25) is 0 Å². The van der Waals surface area contributed by atoms with Gasteiger partial charge in [-0.15, -0.1) is 0 Å². The van der Waals surface area contributed by atoms with Crippen molar-refractivity contribution in [2.75, 3.05) is 20.2 Å². The number of hydrogen-bond acceptors (Lipinski definition) is 3. The van der Waals surface area contributed by atoms with E-state index in [1.54, 1.807) is 13.0 Å². The van der Waals surface area contributed by atoms with Gasteiger partial charge >= 0.3 is 6.09 Å². The Bertz CT molecular complexity index is 542. The summed E-state index contributed by atoms with van der Waals surface area (Å²) in [6.07, 6.45) is -1.72. The molecular weight excluding hydrogens is 305 g/mol. The van der Waals surface area contributed by atoms with Gasteiger partial charge in [0.25, 0.3) is 0 Å². The van der Waals surface area contributed by atoms with E-state index in [-0.39, 0.29) is 5.92 Å². The molecule has 7 heteroatoms. The molecule has 0 bridgehead atoms. The van der Waals surface area contributed by atoms with Crippen molar-refractivity contribution >= 4 is 29.3 Å². The lowest BCUT2D eigenvalue weighted by Crippen LogP contribution is -2.48. The molecule has 110 valence electrons. The van der Waals surface area contributed by atoms with Crippen molar-refractivity contribution in [1.82, 2.24) is 4.90 Å². The van der Waals surface area contributed by atoms with Gasteiger partial charge in [-0.1, -0.05) is 23.2 Å². The van der Waals surface area contributed by atoms with Crippen molar-refractivity contribution in [2.24, 2.45) is 0 Å². The smallest absolute Gasteiger partial charge is 0.407 e. The maximum Gasteiger partial charge on any atom is 0.407 e. The minimum absolute atomic E-state index is 0.0789. The quantitative estimate of drug-likeness (QED) is 0.898. The van der Waals surface area contributed by atoms with E-state index in [0.717, 1.165) is 0 Å². The van der Waals surface area contributed by atoms with Crippen molar-refractivity contribution in [1.29, 1.82) is 0 Å². The topological polar surface area (TPSA) is 70.0 Å². The second-order valence-corrected chi connectivity index (χ2v) is 5.55. The van der Waals surface area contributed by atoms with E-state index >= 15 is 0 Å². The number of likely N-dealkylation sites (tertiary alicyclic amines) is 1. The predicted octanol–water partition coefficient (Wildman–Crippen LogP) is 3.13. The van der Waals surface area contributed by atoms with Gasteiger partial charge in [0.2, 0.25) is 0 Å². The van der Waals surface area contributed by atoms with Gasteiger partial charge in [-0.05, 0) is 13.0 Å². The molecule has 1 aromatic rings. The molecule has 2 rings (SSSR count). The number of aliphatic hydroxyl groups excluding tert-OH is 1. The standard InChI is InChI=1S/C13H15Cl2NO4/c1-6(17)8-3-9(14)11(15)10(12(8)20-2)7-4-16(5-7)13(18)19/h3,6-7,17H,4-5H2,1-2H3,(H,18,19). The molecule has 1 amide bonds. The molecule has 5 nitrogen and oxygen atoms in total. The highest BCUT2D eigenvalue weighted by atomic mass is 35.5. The number of rotatable bonds is 3. The maximum absolute atomic E-state index is 10.8. The van der Waals surface area contributed by atoms with Crippen molar-refractivity contribution < 1.29 is 19.7 Å². The molecule has 2 N–H and O–H groups in total. The first-order chi connectivity index (χ1) is 9.36. The van der Waals surface area contributed by atoms with Gasteiger partial charge in [0.05, 0.1) is 23.3 Å². The SMILES string of the molecule is COc1c(C(C)O)cc(Cl)c(Cl)c1C1CN(C(=O)O)C1. The molecule has 1 atom stereocenters. The minimum atomic E-state index is -0.964. The Balaban J connectivity index is 2.44. The predicted molar refractivity (Wildman–Crippen MR) is 76.0 cm³/mol. The van der Waals surface area contributed by atoms with E-state index in [9.17, 15) is 9.90 Å². The van der Waals surface area contributed by atoms with Crippen LogP contribution in [0.4, 0.5) is 4.79 Å². The molecule has 1 unspecified atom stereocenters. The van der Waals surface area contributed by atoms with Crippen LogP contribution in [0.5, 0.6) is 5.75 Å². The highest BCUT2D eigenvalue weighted by Gasteiger charge is 2.36. The fraction of sp³-hybridized carbons (Fsp3) is 0.462. The van der Waals surface area contributed by atoms with E-state index in [2.05, 4.69) is 0 Å². The van der Waals surface area contributed by atoms with Crippen LogP contribution >= 0.6 is 23.2 Å². The van der Waals surface area contributed by atoms with Crippen molar-refractivity contribution in [3.8, 4) is 5.75 Å². The second kappa shape index (κ2) is 5.68. The summed E-state index contributed by atoms with van der Waals surface area (Å²) in [5, 5.41) is 19.4. The molecule has 1 aromatic carbocycles. The lowest BCUT2D eigenvalue weighted by Gasteiger charge is -2.38. The van der Waals surface area contributed by atoms with Crippen LogP contribution in [-0.4, -0.2) is 41.4 Å². The fourth-order valence-electron chi connectivity index (χ4n) is 2.37. The molecule has 1 aliphatic rings. The average molecular weight is 320 g/mol. The van der Waals surface area contributed by atoms with Gasteiger partial charge in [0, 0.05) is 30.1 Å². The number of carboxylic acid groups (broad SMARTS) is 1. The lowest BCUT2D eigenvalue weighted by molar-refractivity contribution is 0.104. The third-order valence-corrected chi connectivity index (χ3v) is 4.25. The van der Waals surface area contributed by atoms with Crippen LogP contribution in [0.1, 0.15) is 30.1 Å². The summed E-state index contributed by atoms with van der Waals surface area (Å²) in [5.41, 5.74) is 1.21. The number of carbonyl (C=O) groups is 1. The van der Waals surface area contributed by atoms with Gasteiger partial charge in [-0.2, -0.15) is 0 Å². The normalized spacial score (nSPS) is 16.8. The Morgan fingerprint density at radius 2 is 2.10 bits per heavy atom.